The highest BCUT2D eigenvalue weighted by molar-refractivity contribution is 5.90. The fourth-order valence-electron chi connectivity index (χ4n) is 3.87. The van der Waals surface area contributed by atoms with E-state index in [9.17, 15) is 9.59 Å². The van der Waals surface area contributed by atoms with Crippen LogP contribution in [0.1, 0.15) is 44.2 Å². The summed E-state index contributed by atoms with van der Waals surface area (Å²) in [7, 11) is 0. The van der Waals surface area contributed by atoms with Crippen LogP contribution in [0.25, 0.3) is 5.57 Å². The Kier molecular flexibility index (Phi) is 6.17. The van der Waals surface area contributed by atoms with Crippen molar-refractivity contribution in [1.29, 1.82) is 0 Å². The summed E-state index contributed by atoms with van der Waals surface area (Å²) in [5.41, 5.74) is 3.76. The number of benzene rings is 1. The van der Waals surface area contributed by atoms with Gasteiger partial charge in [0.1, 0.15) is 5.60 Å². The van der Waals surface area contributed by atoms with Crippen LogP contribution in [0.15, 0.2) is 54.9 Å². The minimum absolute atomic E-state index is 0.0808. The number of nitrogens with one attached hydrogen (secondary N) is 1. The van der Waals surface area contributed by atoms with E-state index in [-0.39, 0.29) is 12.1 Å². The maximum absolute atomic E-state index is 12.5. The van der Waals surface area contributed by atoms with Crippen LogP contribution in [0.2, 0.25) is 0 Å². The van der Waals surface area contributed by atoms with Crippen LogP contribution in [0, 0.1) is 0 Å². The number of nitrogens with zero attached hydrogens (tertiary/aromatic N) is 3. The van der Waals surface area contributed by atoms with E-state index in [1.165, 1.54) is 11.1 Å². The zero-order valence-electron chi connectivity index (χ0n) is 18.9. The molecule has 1 saturated heterocycles. The van der Waals surface area contributed by atoms with Crippen LogP contribution in [-0.2, 0) is 4.74 Å². The van der Waals surface area contributed by atoms with Crippen LogP contribution in [0.5, 0.6) is 0 Å². The number of pyridine rings is 1. The zero-order valence-corrected chi connectivity index (χ0v) is 18.9. The molecule has 0 atom stereocenters. The molecule has 2 aliphatic heterocycles. The second-order valence-electron chi connectivity index (χ2n) is 9.30. The molecule has 32 heavy (non-hydrogen) atoms. The highest BCUT2D eigenvalue weighted by Crippen LogP contribution is 2.28. The standard InChI is InChI=1S/C25H30N4O3/c1-25(2,3)32-24(31)28-13-10-19(11-14-28)18-6-8-22(9-7-18)27-23(30)29-16-21(17-29)20-5-4-12-26-15-20/h4-10,12,15,21H,11,13-14,16-17H2,1-3H3,(H,27,30). The van der Waals surface area contributed by atoms with Gasteiger partial charge in [-0.25, -0.2) is 9.59 Å². The molecule has 0 unspecified atom stereocenters. The molecule has 1 fully saturated rings. The topological polar surface area (TPSA) is 74.8 Å². The quantitative estimate of drug-likeness (QED) is 0.757. The van der Waals surface area contributed by atoms with Gasteiger partial charge in [0, 0.05) is 50.2 Å². The zero-order chi connectivity index (χ0) is 22.7. The summed E-state index contributed by atoms with van der Waals surface area (Å²) < 4.78 is 5.45. The molecule has 3 heterocycles. The second-order valence-corrected chi connectivity index (χ2v) is 9.30. The molecule has 0 saturated carbocycles. The number of likely N-dealkylation sites (tertiary alicyclic amines) is 1. The van der Waals surface area contributed by atoms with E-state index in [4.69, 9.17) is 4.74 Å². The number of urea groups is 1. The van der Waals surface area contributed by atoms with Gasteiger partial charge in [-0.3, -0.25) is 4.98 Å². The molecular formula is C25H30N4O3. The molecule has 0 bridgehead atoms. The van der Waals surface area contributed by atoms with Gasteiger partial charge in [-0.15, -0.1) is 0 Å². The van der Waals surface area contributed by atoms with Gasteiger partial charge in [0.05, 0.1) is 0 Å². The number of amides is 3. The van der Waals surface area contributed by atoms with Crippen molar-refractivity contribution >= 4 is 23.4 Å². The minimum Gasteiger partial charge on any atom is -0.444 e. The molecule has 4 rings (SSSR count). The van der Waals surface area contributed by atoms with E-state index in [1.54, 1.807) is 16.0 Å². The van der Waals surface area contributed by atoms with Crippen LogP contribution in [-0.4, -0.2) is 58.7 Å². The van der Waals surface area contributed by atoms with Crippen molar-refractivity contribution in [3.63, 3.8) is 0 Å². The van der Waals surface area contributed by atoms with Crippen molar-refractivity contribution in [3.05, 3.63) is 66.0 Å². The molecule has 1 N–H and O–H groups in total. The van der Waals surface area contributed by atoms with Gasteiger partial charge >= 0.3 is 12.1 Å². The summed E-state index contributed by atoms with van der Waals surface area (Å²) in [6, 6.07) is 11.8. The van der Waals surface area contributed by atoms with Gasteiger partial charge in [0.15, 0.2) is 0 Å². The maximum Gasteiger partial charge on any atom is 0.410 e. The van der Waals surface area contributed by atoms with E-state index in [2.05, 4.69) is 22.4 Å². The van der Waals surface area contributed by atoms with Crippen LogP contribution < -0.4 is 5.32 Å². The van der Waals surface area contributed by atoms with Gasteiger partial charge in [0.2, 0.25) is 0 Å². The first-order valence-electron chi connectivity index (χ1n) is 11.0. The van der Waals surface area contributed by atoms with E-state index in [1.807, 2.05) is 57.3 Å². The third-order valence-electron chi connectivity index (χ3n) is 5.69. The SMILES string of the molecule is CC(C)(C)OC(=O)N1CC=C(c2ccc(NC(=O)N3CC(c4cccnc4)C3)cc2)CC1. The van der Waals surface area contributed by atoms with Gasteiger partial charge < -0.3 is 19.9 Å². The highest BCUT2D eigenvalue weighted by Gasteiger charge is 2.31. The molecule has 2 aliphatic rings. The average Bonchev–Trinajstić information content (AvgIpc) is 2.73. The number of hydrogen-bond donors (Lipinski definition) is 1. The fourth-order valence-corrected chi connectivity index (χ4v) is 3.87. The van der Waals surface area contributed by atoms with Crippen molar-refractivity contribution in [3.8, 4) is 0 Å². The van der Waals surface area contributed by atoms with E-state index in [0.29, 0.717) is 32.1 Å². The number of aromatic nitrogens is 1. The summed E-state index contributed by atoms with van der Waals surface area (Å²) in [5.74, 6) is 0.357. The van der Waals surface area contributed by atoms with Crippen LogP contribution in [0.3, 0.4) is 0 Å². The monoisotopic (exact) mass is 434 g/mol. The number of rotatable bonds is 3. The minimum atomic E-state index is -0.489. The molecular weight excluding hydrogens is 404 g/mol. The number of carbonyl (C=O) groups is 2. The lowest BCUT2D eigenvalue weighted by molar-refractivity contribution is 0.0270. The first-order chi connectivity index (χ1) is 15.3. The molecule has 0 aliphatic carbocycles. The Labute approximate surface area is 189 Å². The lowest BCUT2D eigenvalue weighted by Crippen LogP contribution is -2.50. The second kappa shape index (κ2) is 9.02. The predicted molar refractivity (Wildman–Crippen MR) is 124 cm³/mol. The van der Waals surface area contributed by atoms with Crippen molar-refractivity contribution in [2.45, 2.75) is 38.7 Å². The summed E-state index contributed by atoms with van der Waals surface area (Å²) in [4.78, 5) is 32.4. The number of carbonyl (C=O) groups excluding carboxylic acids is 2. The predicted octanol–water partition coefficient (Wildman–Crippen LogP) is 4.74. The van der Waals surface area contributed by atoms with Gasteiger partial charge in [-0.2, -0.15) is 0 Å². The average molecular weight is 435 g/mol. The van der Waals surface area contributed by atoms with Crippen molar-refractivity contribution in [2.75, 3.05) is 31.5 Å². The van der Waals surface area contributed by atoms with E-state index >= 15 is 0 Å². The lowest BCUT2D eigenvalue weighted by atomic mass is 9.93. The molecule has 1 aromatic heterocycles. The van der Waals surface area contributed by atoms with E-state index in [0.717, 1.165) is 17.7 Å². The third kappa shape index (κ3) is 5.28. The molecule has 168 valence electrons. The Morgan fingerprint density at radius 1 is 1.09 bits per heavy atom. The molecule has 1 aromatic carbocycles. The molecule has 3 amide bonds. The first kappa shape index (κ1) is 21.9. The smallest absolute Gasteiger partial charge is 0.410 e. The Bertz CT molecular complexity index is 990. The van der Waals surface area contributed by atoms with Gasteiger partial charge in [-0.1, -0.05) is 24.3 Å². The summed E-state index contributed by atoms with van der Waals surface area (Å²) >= 11 is 0. The number of ether oxygens (including phenoxy) is 1. The highest BCUT2D eigenvalue weighted by atomic mass is 16.6. The van der Waals surface area contributed by atoms with E-state index < -0.39 is 5.60 Å². The normalized spacial score (nSPS) is 16.8. The Balaban J connectivity index is 1.27. The first-order valence-corrected chi connectivity index (χ1v) is 11.0. The third-order valence-corrected chi connectivity index (χ3v) is 5.69. The Morgan fingerprint density at radius 2 is 1.84 bits per heavy atom. The Morgan fingerprint density at radius 3 is 2.44 bits per heavy atom. The van der Waals surface area contributed by atoms with Gasteiger partial charge in [-0.05, 0) is 62.1 Å². The summed E-state index contributed by atoms with van der Waals surface area (Å²) in [5, 5.41) is 2.97. The molecule has 7 heteroatoms. The van der Waals surface area contributed by atoms with Crippen molar-refractivity contribution < 1.29 is 14.3 Å². The number of anilines is 1. The maximum atomic E-state index is 12.5. The van der Waals surface area contributed by atoms with Gasteiger partial charge in [0.25, 0.3) is 0 Å². The number of hydrogen-bond acceptors (Lipinski definition) is 4. The molecule has 0 spiro atoms. The fraction of sp³-hybridized carbons (Fsp3) is 0.400. The van der Waals surface area contributed by atoms with Crippen LogP contribution >= 0.6 is 0 Å². The largest absolute Gasteiger partial charge is 0.444 e. The lowest BCUT2D eigenvalue weighted by Gasteiger charge is -2.39. The molecule has 2 aromatic rings. The van der Waals surface area contributed by atoms with Crippen molar-refractivity contribution in [2.24, 2.45) is 0 Å². The Hall–Kier alpha value is -3.35. The summed E-state index contributed by atoms with van der Waals surface area (Å²) in [6.07, 6.45) is 6.19. The van der Waals surface area contributed by atoms with Crippen molar-refractivity contribution in [1.82, 2.24) is 14.8 Å². The van der Waals surface area contributed by atoms with Crippen LogP contribution in [0.4, 0.5) is 15.3 Å². The molecule has 0 radical (unpaired) electrons. The summed E-state index contributed by atoms with van der Waals surface area (Å²) in [6.45, 7) is 8.20. The molecule has 7 nitrogen and oxygen atoms in total.